The molecule has 2 nitrogen and oxygen atoms in total. The zero-order chi connectivity index (χ0) is 22.7. The molecule has 0 N–H and O–H groups in total. The van der Waals surface area contributed by atoms with Crippen molar-refractivity contribution in [2.75, 3.05) is 0 Å². The Kier molecular flexibility index (Phi) is 7.08. The van der Waals surface area contributed by atoms with Gasteiger partial charge in [-0.3, -0.25) is 0 Å². The molecular weight excluding hydrogens is 529 g/mol. The van der Waals surface area contributed by atoms with Crippen LogP contribution < -0.4 is 4.74 Å². The predicted molar refractivity (Wildman–Crippen MR) is 137 cm³/mol. The zero-order valence-corrected chi connectivity index (χ0v) is 20.4. The van der Waals surface area contributed by atoms with Gasteiger partial charge in [-0.25, -0.2) is 0 Å². The number of benzene rings is 4. The molecule has 4 aromatic rings. The number of hydrogen-bond acceptors (Lipinski definition) is 2. The highest BCUT2D eigenvalue weighted by molar-refractivity contribution is 9.10. The third kappa shape index (κ3) is 5.11. The second-order valence-electron chi connectivity index (χ2n) is 7.08. The van der Waals surface area contributed by atoms with Gasteiger partial charge in [-0.15, -0.1) is 0 Å². The third-order valence-electron chi connectivity index (χ3n) is 4.88. The van der Waals surface area contributed by atoms with Gasteiger partial charge in [0.15, 0.2) is 5.75 Å². The minimum atomic E-state index is 0.283. The van der Waals surface area contributed by atoms with Gasteiger partial charge in [0, 0.05) is 0 Å². The smallest absolute Gasteiger partial charge is 0.152 e. The van der Waals surface area contributed by atoms with Crippen LogP contribution in [-0.4, -0.2) is 0 Å². The Balaban J connectivity index is 1.60. The van der Waals surface area contributed by atoms with E-state index in [0.29, 0.717) is 30.9 Å². The number of rotatable bonds is 5. The molecule has 158 valence electrons. The van der Waals surface area contributed by atoms with Crippen LogP contribution in [0.4, 0.5) is 0 Å². The summed E-state index contributed by atoms with van der Waals surface area (Å²) in [7, 11) is 0. The molecule has 0 unspecified atom stereocenters. The molecule has 0 fully saturated rings. The normalized spacial score (nSPS) is 11.4. The van der Waals surface area contributed by atoms with Gasteiger partial charge >= 0.3 is 0 Å². The Hall–Kier alpha value is -2.48. The SMILES string of the molecule is N#C/C(=C/c1cc(Cl)c(OCc2ccc(Cl)c(Cl)c2)c(Br)c1)c1ccc2ccccc2c1. The standard InChI is InChI=1S/C26H15BrCl3NO/c27-22-10-17(9-21(14-31)20-7-6-18-3-1-2-4-19(18)13-20)12-25(30)26(22)32-15-16-5-8-23(28)24(29)11-16/h1-13H,15H2/b21-9-. The van der Waals surface area contributed by atoms with Crippen LogP contribution in [0.5, 0.6) is 5.75 Å². The number of allylic oxidation sites excluding steroid dienone is 1. The first kappa shape index (κ1) is 22.7. The van der Waals surface area contributed by atoms with Gasteiger partial charge < -0.3 is 4.74 Å². The molecule has 0 heterocycles. The van der Waals surface area contributed by atoms with E-state index in [1.54, 1.807) is 18.2 Å². The van der Waals surface area contributed by atoms with Crippen LogP contribution >= 0.6 is 50.7 Å². The Labute approximate surface area is 209 Å². The van der Waals surface area contributed by atoms with E-state index < -0.39 is 0 Å². The summed E-state index contributed by atoms with van der Waals surface area (Å²) in [5, 5.41) is 13.3. The lowest BCUT2D eigenvalue weighted by molar-refractivity contribution is 0.304. The predicted octanol–water partition coefficient (Wildman–Crippen LogP) is 9.21. The van der Waals surface area contributed by atoms with Crippen LogP contribution in [0.25, 0.3) is 22.4 Å². The van der Waals surface area contributed by atoms with Crippen LogP contribution in [0.15, 0.2) is 77.3 Å². The minimum absolute atomic E-state index is 0.283. The molecule has 0 bridgehead atoms. The fraction of sp³-hybridized carbons (Fsp3) is 0.0385. The van der Waals surface area contributed by atoms with Crippen molar-refractivity contribution >= 4 is 73.2 Å². The Morgan fingerprint density at radius 3 is 2.38 bits per heavy atom. The van der Waals surface area contributed by atoms with Gasteiger partial charge in [0.05, 0.1) is 31.2 Å². The van der Waals surface area contributed by atoms with Gasteiger partial charge in [-0.05, 0) is 79.8 Å². The number of ether oxygens (including phenoxy) is 1. The fourth-order valence-corrected chi connectivity index (χ4v) is 4.60. The van der Waals surface area contributed by atoms with Crippen molar-refractivity contribution in [3.8, 4) is 11.8 Å². The molecule has 0 saturated heterocycles. The van der Waals surface area contributed by atoms with Gasteiger partial charge in [0.2, 0.25) is 0 Å². The highest BCUT2D eigenvalue weighted by Crippen LogP contribution is 2.36. The quantitative estimate of drug-likeness (QED) is 0.186. The van der Waals surface area contributed by atoms with Crippen molar-refractivity contribution in [1.29, 1.82) is 5.26 Å². The van der Waals surface area contributed by atoms with Crippen LogP contribution in [0.1, 0.15) is 16.7 Å². The van der Waals surface area contributed by atoms with Gasteiger partial charge in [-0.2, -0.15) is 5.26 Å². The Bertz CT molecular complexity index is 1370. The summed E-state index contributed by atoms with van der Waals surface area (Å²) in [5.41, 5.74) is 3.05. The number of fused-ring (bicyclic) bond motifs is 1. The van der Waals surface area contributed by atoms with Gasteiger partial charge in [0.1, 0.15) is 6.61 Å². The second-order valence-corrected chi connectivity index (χ2v) is 9.16. The molecule has 6 heteroatoms. The van der Waals surface area contributed by atoms with Crippen molar-refractivity contribution in [2.24, 2.45) is 0 Å². The zero-order valence-electron chi connectivity index (χ0n) is 16.6. The average Bonchev–Trinajstić information content (AvgIpc) is 2.79. The molecule has 0 aliphatic heterocycles. The maximum absolute atomic E-state index is 9.75. The van der Waals surface area contributed by atoms with Crippen molar-refractivity contribution in [2.45, 2.75) is 6.61 Å². The van der Waals surface area contributed by atoms with Crippen molar-refractivity contribution in [3.05, 3.63) is 109 Å². The summed E-state index contributed by atoms with van der Waals surface area (Å²) in [4.78, 5) is 0. The molecule has 0 aliphatic carbocycles. The van der Waals surface area contributed by atoms with Crippen LogP contribution in [0, 0.1) is 11.3 Å². The van der Waals surface area contributed by atoms with E-state index in [2.05, 4.69) is 22.0 Å². The van der Waals surface area contributed by atoms with Crippen molar-refractivity contribution in [3.63, 3.8) is 0 Å². The highest BCUT2D eigenvalue weighted by Gasteiger charge is 2.11. The average molecular weight is 544 g/mol. The minimum Gasteiger partial charge on any atom is -0.486 e. The van der Waals surface area contributed by atoms with Crippen LogP contribution in [0.3, 0.4) is 0 Å². The first-order valence-corrected chi connectivity index (χ1v) is 11.5. The summed E-state index contributed by atoms with van der Waals surface area (Å²) >= 11 is 22.1. The number of nitriles is 1. The lowest BCUT2D eigenvalue weighted by atomic mass is 10.00. The van der Waals surface area contributed by atoms with E-state index in [1.807, 2.05) is 60.7 Å². The largest absolute Gasteiger partial charge is 0.486 e. The molecule has 0 aromatic heterocycles. The molecular formula is C26H15BrCl3NO. The summed E-state index contributed by atoms with van der Waals surface area (Å²) in [6, 6.07) is 25.3. The molecule has 0 aliphatic rings. The topological polar surface area (TPSA) is 33.0 Å². The van der Waals surface area contributed by atoms with Crippen molar-refractivity contribution < 1.29 is 4.74 Å². The van der Waals surface area contributed by atoms with Crippen LogP contribution in [-0.2, 0) is 6.61 Å². The van der Waals surface area contributed by atoms with E-state index in [-0.39, 0.29) is 6.61 Å². The molecule has 0 radical (unpaired) electrons. The molecule has 0 spiro atoms. The highest BCUT2D eigenvalue weighted by atomic mass is 79.9. The molecule has 32 heavy (non-hydrogen) atoms. The van der Waals surface area contributed by atoms with E-state index >= 15 is 0 Å². The molecule has 0 saturated carbocycles. The van der Waals surface area contributed by atoms with Gasteiger partial charge in [-0.1, -0.05) is 77.3 Å². The Morgan fingerprint density at radius 1 is 0.875 bits per heavy atom. The van der Waals surface area contributed by atoms with E-state index in [0.717, 1.165) is 27.5 Å². The number of hydrogen-bond donors (Lipinski definition) is 0. The number of halogens is 4. The maximum atomic E-state index is 9.75. The first-order chi connectivity index (χ1) is 15.4. The fourth-order valence-electron chi connectivity index (χ4n) is 3.29. The molecule has 4 aromatic carbocycles. The van der Waals surface area contributed by atoms with Crippen molar-refractivity contribution in [1.82, 2.24) is 0 Å². The van der Waals surface area contributed by atoms with E-state index in [9.17, 15) is 5.26 Å². The lowest BCUT2D eigenvalue weighted by Gasteiger charge is -2.12. The summed E-state index contributed by atoms with van der Waals surface area (Å²) in [6.45, 7) is 0.283. The molecule has 0 amide bonds. The monoisotopic (exact) mass is 541 g/mol. The summed E-state index contributed by atoms with van der Waals surface area (Å²) < 4.78 is 6.59. The third-order valence-corrected chi connectivity index (χ3v) is 6.49. The second kappa shape index (κ2) is 9.98. The van der Waals surface area contributed by atoms with Crippen LogP contribution in [0.2, 0.25) is 15.1 Å². The number of nitrogens with zero attached hydrogens (tertiary/aromatic N) is 1. The lowest BCUT2D eigenvalue weighted by Crippen LogP contribution is -1.97. The summed E-state index contributed by atoms with van der Waals surface area (Å²) in [6.07, 6.45) is 1.81. The van der Waals surface area contributed by atoms with E-state index in [4.69, 9.17) is 39.5 Å². The Morgan fingerprint density at radius 2 is 1.66 bits per heavy atom. The van der Waals surface area contributed by atoms with E-state index in [1.165, 1.54) is 0 Å². The van der Waals surface area contributed by atoms with Gasteiger partial charge in [0.25, 0.3) is 0 Å². The molecule has 4 rings (SSSR count). The maximum Gasteiger partial charge on any atom is 0.152 e. The first-order valence-electron chi connectivity index (χ1n) is 9.61. The summed E-state index contributed by atoms with van der Waals surface area (Å²) in [5.74, 6) is 0.513. The molecule has 0 atom stereocenters.